The molecule has 0 bridgehead atoms. The highest BCUT2D eigenvalue weighted by atomic mass is 16.3. The van der Waals surface area contributed by atoms with Gasteiger partial charge in [-0.2, -0.15) is 0 Å². The molecule has 0 saturated heterocycles. The predicted molar refractivity (Wildman–Crippen MR) is 312 cm³/mol. The van der Waals surface area contributed by atoms with Gasteiger partial charge in [-0.05, 0) is 111 Å². The third-order valence-electron chi connectivity index (χ3n) is 15.5. The van der Waals surface area contributed by atoms with Gasteiger partial charge in [0.2, 0.25) is 0 Å². The van der Waals surface area contributed by atoms with Crippen LogP contribution in [0.5, 0.6) is 0 Å². The highest BCUT2D eigenvalue weighted by molar-refractivity contribution is 7.02. The summed E-state index contributed by atoms with van der Waals surface area (Å²) in [5.74, 6) is 0. The lowest BCUT2D eigenvalue weighted by atomic mass is 9.33. The number of aromatic nitrogens is 1. The molecule has 0 aliphatic carbocycles. The number of hydrogen-bond acceptors (Lipinski definition) is 4. The average Bonchev–Trinajstić information content (AvgIpc) is 1.80. The largest absolute Gasteiger partial charge is 0.456 e. The van der Waals surface area contributed by atoms with Gasteiger partial charge in [-0.3, -0.25) is 0 Å². The Morgan fingerprint density at radius 1 is 0.446 bits per heavy atom. The van der Waals surface area contributed by atoms with Crippen LogP contribution in [0.1, 0.15) is 65.0 Å². The SMILES string of the molecule is [2H]c1c([2H])c([2H])c(N2c3cc(C(C)(C)C)cc4c3B(c3ccc(-n5c6ccc(C(C)(C)C)cc6c6c([2H])c([2H])c([2H])c([2H])c65)cc3N4c3ccccc3-c3ccccc3)c3c2c2oc4ccccc4c2c2c3oc3ccccc32)c([2H])c1[2H]. The number of hydrogen-bond donors (Lipinski definition) is 0. The molecule has 0 unspecified atom stereocenters. The van der Waals surface area contributed by atoms with Gasteiger partial charge in [-0.1, -0.05) is 175 Å². The molecule has 3 aromatic heterocycles. The van der Waals surface area contributed by atoms with Crippen LogP contribution in [-0.2, 0) is 10.8 Å². The number of fused-ring (bicyclic) bond motifs is 16. The minimum Gasteiger partial charge on any atom is -0.456 e. The van der Waals surface area contributed by atoms with Crippen LogP contribution in [0.2, 0.25) is 0 Å². The van der Waals surface area contributed by atoms with Crippen molar-refractivity contribution in [2.45, 2.75) is 52.4 Å². The maximum atomic E-state index is 9.85. The number of anilines is 6. The minimum absolute atomic E-state index is 0.0379. The maximum absolute atomic E-state index is 9.85. The monoisotopic (exact) mass is 962 g/mol. The van der Waals surface area contributed by atoms with Crippen molar-refractivity contribution < 1.29 is 21.2 Å². The van der Waals surface area contributed by atoms with Gasteiger partial charge in [0.05, 0.1) is 34.7 Å². The number of nitrogens with zero attached hydrogens (tertiary/aromatic N) is 3. The van der Waals surface area contributed by atoms with Gasteiger partial charge in [-0.25, -0.2) is 0 Å². The Bertz CT molecular complexity index is 5000. The Kier molecular flexibility index (Phi) is 7.20. The van der Waals surface area contributed by atoms with E-state index < -0.39 is 30.3 Å². The molecule has 74 heavy (non-hydrogen) atoms. The van der Waals surface area contributed by atoms with Crippen molar-refractivity contribution in [2.24, 2.45) is 0 Å². The zero-order chi connectivity index (χ0) is 57.6. The molecule has 5 nitrogen and oxygen atoms in total. The number of rotatable bonds is 4. The molecule has 2 aliphatic rings. The average molecular weight is 963 g/mol. The molecule has 2 aliphatic heterocycles. The second kappa shape index (κ2) is 15.4. The lowest BCUT2D eigenvalue weighted by Gasteiger charge is -2.45. The lowest BCUT2D eigenvalue weighted by molar-refractivity contribution is 0.590. The van der Waals surface area contributed by atoms with E-state index in [0.717, 1.165) is 77.3 Å². The molecule has 354 valence electrons. The molecule has 0 fully saturated rings. The first-order valence-corrected chi connectivity index (χ1v) is 25.2. The summed E-state index contributed by atoms with van der Waals surface area (Å²) in [6, 6.07) is 48.0. The molecule has 0 radical (unpaired) electrons. The quantitative estimate of drug-likeness (QED) is 0.165. The molecular formula is C68H52BN3O2. The number of para-hydroxylation sites is 5. The summed E-state index contributed by atoms with van der Waals surface area (Å²) in [4.78, 5) is 4.14. The van der Waals surface area contributed by atoms with Gasteiger partial charge in [0.15, 0.2) is 5.58 Å². The highest BCUT2D eigenvalue weighted by Gasteiger charge is 2.48. The van der Waals surface area contributed by atoms with Crippen LogP contribution in [0.3, 0.4) is 0 Å². The van der Waals surface area contributed by atoms with Crippen LogP contribution < -0.4 is 26.2 Å². The zero-order valence-corrected chi connectivity index (χ0v) is 41.7. The van der Waals surface area contributed by atoms with Crippen LogP contribution >= 0.6 is 0 Å². The summed E-state index contributed by atoms with van der Waals surface area (Å²) >= 11 is 0. The summed E-state index contributed by atoms with van der Waals surface area (Å²) in [5, 5.41) is 4.42. The van der Waals surface area contributed by atoms with Gasteiger partial charge in [0.25, 0.3) is 6.71 Å². The predicted octanol–water partition coefficient (Wildman–Crippen LogP) is 16.9. The molecule has 0 atom stereocenters. The van der Waals surface area contributed by atoms with Crippen LogP contribution in [0.4, 0.5) is 34.1 Å². The molecule has 0 amide bonds. The van der Waals surface area contributed by atoms with E-state index in [9.17, 15) is 8.22 Å². The summed E-state index contributed by atoms with van der Waals surface area (Å²) < 4.78 is 101. The molecule has 0 saturated carbocycles. The third-order valence-corrected chi connectivity index (χ3v) is 15.5. The Balaban J connectivity index is 1.16. The maximum Gasteiger partial charge on any atom is 0.257 e. The molecular weight excluding hydrogens is 902 g/mol. The van der Waals surface area contributed by atoms with Crippen LogP contribution in [0.15, 0.2) is 215 Å². The normalized spacial score (nSPS) is 15.2. The van der Waals surface area contributed by atoms with E-state index in [2.05, 4.69) is 107 Å². The second-order valence-electron chi connectivity index (χ2n) is 21.8. The number of benzene rings is 10. The second-order valence-corrected chi connectivity index (χ2v) is 21.8. The highest BCUT2D eigenvalue weighted by Crippen LogP contribution is 2.53. The zero-order valence-electron chi connectivity index (χ0n) is 50.7. The van der Waals surface area contributed by atoms with Crippen molar-refractivity contribution in [1.29, 1.82) is 0 Å². The van der Waals surface area contributed by atoms with Gasteiger partial charge >= 0.3 is 0 Å². The first-order chi connectivity index (χ1) is 39.7. The van der Waals surface area contributed by atoms with Crippen molar-refractivity contribution in [1.82, 2.24) is 4.57 Å². The van der Waals surface area contributed by atoms with Crippen LogP contribution in [-0.4, -0.2) is 11.3 Å². The molecule has 0 spiro atoms. The van der Waals surface area contributed by atoms with Gasteiger partial charge in [0.1, 0.15) is 16.7 Å². The van der Waals surface area contributed by atoms with E-state index >= 15 is 0 Å². The topological polar surface area (TPSA) is 37.7 Å². The van der Waals surface area contributed by atoms with Crippen molar-refractivity contribution in [2.75, 3.05) is 9.80 Å². The number of furan rings is 2. The summed E-state index contributed by atoms with van der Waals surface area (Å²) in [7, 11) is 0. The Morgan fingerprint density at radius 2 is 1.08 bits per heavy atom. The van der Waals surface area contributed by atoms with Gasteiger partial charge in [0, 0.05) is 71.8 Å². The van der Waals surface area contributed by atoms with E-state index in [0.29, 0.717) is 61.1 Å². The molecule has 6 heteroatoms. The van der Waals surface area contributed by atoms with E-state index in [4.69, 9.17) is 12.9 Å². The van der Waals surface area contributed by atoms with Crippen molar-refractivity contribution in [3.63, 3.8) is 0 Å². The van der Waals surface area contributed by atoms with E-state index in [1.165, 1.54) is 0 Å². The fraction of sp³-hybridized carbons (Fsp3) is 0.118. The van der Waals surface area contributed by atoms with Crippen LogP contribution in [0, 0.1) is 0 Å². The molecule has 0 N–H and O–H groups in total. The summed E-state index contributed by atoms with van der Waals surface area (Å²) in [6.07, 6.45) is 0. The van der Waals surface area contributed by atoms with Crippen LogP contribution in [0.25, 0.3) is 82.5 Å². The lowest BCUT2D eigenvalue weighted by Crippen LogP contribution is -2.61. The van der Waals surface area contributed by atoms with Crippen molar-refractivity contribution in [3.05, 3.63) is 217 Å². The van der Waals surface area contributed by atoms with Crippen molar-refractivity contribution in [3.8, 4) is 16.8 Å². The third kappa shape index (κ3) is 6.05. The first kappa shape index (κ1) is 34.6. The first-order valence-electron chi connectivity index (χ1n) is 29.7. The fourth-order valence-electron chi connectivity index (χ4n) is 12.0. The van der Waals surface area contributed by atoms with E-state index in [1.807, 2.05) is 100 Å². The summed E-state index contributed by atoms with van der Waals surface area (Å²) in [6.45, 7) is 12.2. The fourth-order valence-corrected chi connectivity index (χ4v) is 12.0. The Morgan fingerprint density at radius 3 is 1.82 bits per heavy atom. The molecule has 10 aromatic carbocycles. The minimum atomic E-state index is -0.667. The Labute approximate surface area is 443 Å². The molecule has 15 rings (SSSR count). The molecule has 13 aromatic rings. The Hall–Kier alpha value is -8.74. The summed E-state index contributed by atoms with van der Waals surface area (Å²) in [5.41, 5.74) is 12.8. The van der Waals surface area contributed by atoms with E-state index in [-0.39, 0.29) is 47.4 Å². The van der Waals surface area contributed by atoms with E-state index in [1.54, 1.807) is 0 Å². The molecule has 5 heterocycles. The standard InChI is InChI=1S/C68H52BN3O2/c1-67(2,3)42-33-36-54-50(37-42)47-26-14-18-30-53(47)70(54)45-34-35-51-55(40-45)72(52-29-17-13-25-46(52)41-21-9-7-10-22-41)57-39-43(68(4,5)6)38-56-62(57)69(51)63-64(71(56)44-23-11-8-12-24-44)66-61(49-28-16-20-32-59(49)74-66)60-48-27-15-19-31-58(48)73-65(60)63/h7-40H,1-6H3/i8D,11D,12D,14D,18D,23D,24D,26D,30D. The smallest absolute Gasteiger partial charge is 0.257 e. The van der Waals surface area contributed by atoms with Crippen molar-refractivity contribution >= 4 is 123 Å². The van der Waals surface area contributed by atoms with Gasteiger partial charge < -0.3 is 23.2 Å². The van der Waals surface area contributed by atoms with Gasteiger partial charge in [-0.15, -0.1) is 0 Å².